The smallest absolute Gasteiger partial charge is 0.0106 e. The predicted octanol–water partition coefficient (Wildman–Crippen LogP) is 3.97. The molecule has 0 spiro atoms. The molecular formula is C14H29N. The minimum atomic E-state index is 0.290. The van der Waals surface area contributed by atoms with Gasteiger partial charge in [0.1, 0.15) is 0 Å². The third-order valence-corrected chi connectivity index (χ3v) is 4.65. The van der Waals surface area contributed by atoms with E-state index in [-0.39, 0.29) is 5.41 Å². The summed E-state index contributed by atoms with van der Waals surface area (Å²) in [5, 5.41) is 0. The lowest BCUT2D eigenvalue weighted by molar-refractivity contribution is -0.0798. The molecule has 1 heteroatoms. The Balaban J connectivity index is 3.17. The number of hydrogen-bond acceptors (Lipinski definition) is 1. The number of hydrogen-bond donors (Lipinski definition) is 1. The van der Waals surface area contributed by atoms with Crippen LogP contribution in [0.25, 0.3) is 0 Å². The summed E-state index contributed by atoms with van der Waals surface area (Å²) < 4.78 is 0. The van der Waals surface area contributed by atoms with Crippen molar-refractivity contribution in [2.75, 3.05) is 0 Å². The normalized spacial score (nSPS) is 27.8. The predicted molar refractivity (Wildman–Crippen MR) is 67.8 cm³/mol. The third kappa shape index (κ3) is 1.95. The summed E-state index contributed by atoms with van der Waals surface area (Å²) in [5.74, 6) is 0. The summed E-state index contributed by atoms with van der Waals surface area (Å²) in [6.07, 6.45) is 5.16. The second kappa shape index (κ2) is 3.76. The minimum Gasteiger partial charge on any atom is -0.327 e. The van der Waals surface area contributed by atoms with Crippen LogP contribution in [0.2, 0.25) is 0 Å². The first kappa shape index (κ1) is 13.0. The second-order valence-corrected chi connectivity index (χ2v) is 7.32. The number of nitrogens with two attached hydrogens (primary N) is 1. The molecule has 0 aromatic rings. The van der Waals surface area contributed by atoms with Gasteiger partial charge in [-0.3, -0.25) is 0 Å². The average Bonchev–Trinajstić information content (AvgIpc) is 2.00. The highest BCUT2D eigenvalue weighted by Crippen LogP contribution is 2.58. The minimum absolute atomic E-state index is 0.290. The van der Waals surface area contributed by atoms with Gasteiger partial charge in [-0.2, -0.15) is 0 Å². The van der Waals surface area contributed by atoms with Gasteiger partial charge in [0.05, 0.1) is 0 Å². The first-order valence-electron chi connectivity index (χ1n) is 6.38. The summed E-state index contributed by atoms with van der Waals surface area (Å²) in [7, 11) is 0. The molecule has 1 aliphatic carbocycles. The fourth-order valence-corrected chi connectivity index (χ4v) is 4.19. The molecule has 0 unspecified atom stereocenters. The van der Waals surface area contributed by atoms with E-state index in [1.165, 1.54) is 25.7 Å². The Kier molecular flexibility index (Phi) is 3.27. The van der Waals surface area contributed by atoms with E-state index in [9.17, 15) is 0 Å². The van der Waals surface area contributed by atoms with Gasteiger partial charge in [-0.25, -0.2) is 0 Å². The molecular weight excluding hydrogens is 182 g/mol. The van der Waals surface area contributed by atoms with Crippen molar-refractivity contribution in [1.82, 2.24) is 0 Å². The summed E-state index contributed by atoms with van der Waals surface area (Å²) in [4.78, 5) is 0. The number of rotatable bonds is 0. The van der Waals surface area contributed by atoms with Crippen LogP contribution in [0, 0.1) is 16.2 Å². The third-order valence-electron chi connectivity index (χ3n) is 4.65. The van der Waals surface area contributed by atoms with Crippen molar-refractivity contribution >= 4 is 0 Å². The van der Waals surface area contributed by atoms with E-state index in [0.717, 1.165) is 0 Å². The molecule has 0 amide bonds. The molecule has 1 atom stereocenters. The van der Waals surface area contributed by atoms with Crippen LogP contribution in [0.4, 0.5) is 0 Å². The first-order chi connectivity index (χ1) is 6.63. The van der Waals surface area contributed by atoms with Gasteiger partial charge in [-0.05, 0) is 29.1 Å². The SMILES string of the molecule is CC(C)(C)C1(C(C)(C)C)CCCC[C@@H]1N. The van der Waals surface area contributed by atoms with Crippen molar-refractivity contribution < 1.29 is 0 Å². The van der Waals surface area contributed by atoms with Crippen molar-refractivity contribution in [2.45, 2.75) is 73.3 Å². The van der Waals surface area contributed by atoms with E-state index in [4.69, 9.17) is 5.73 Å². The molecule has 0 saturated heterocycles. The molecule has 0 aromatic heterocycles. The Morgan fingerprint density at radius 2 is 1.40 bits per heavy atom. The molecule has 1 saturated carbocycles. The molecule has 0 aliphatic heterocycles. The molecule has 0 bridgehead atoms. The van der Waals surface area contributed by atoms with Crippen molar-refractivity contribution in [3.63, 3.8) is 0 Å². The molecule has 15 heavy (non-hydrogen) atoms. The quantitative estimate of drug-likeness (QED) is 0.644. The lowest BCUT2D eigenvalue weighted by Crippen LogP contribution is -2.59. The Bertz CT molecular complexity index is 202. The van der Waals surface area contributed by atoms with E-state index in [0.29, 0.717) is 16.9 Å². The maximum atomic E-state index is 6.49. The monoisotopic (exact) mass is 211 g/mol. The van der Waals surface area contributed by atoms with E-state index >= 15 is 0 Å². The zero-order valence-corrected chi connectivity index (χ0v) is 11.5. The molecule has 1 aliphatic rings. The van der Waals surface area contributed by atoms with Crippen molar-refractivity contribution in [3.05, 3.63) is 0 Å². The topological polar surface area (TPSA) is 26.0 Å². The maximum Gasteiger partial charge on any atom is 0.0106 e. The van der Waals surface area contributed by atoms with Crippen molar-refractivity contribution in [3.8, 4) is 0 Å². The Morgan fingerprint density at radius 3 is 1.67 bits per heavy atom. The summed E-state index contributed by atoms with van der Waals surface area (Å²) >= 11 is 0. The van der Waals surface area contributed by atoms with Gasteiger partial charge in [0.2, 0.25) is 0 Å². The van der Waals surface area contributed by atoms with Gasteiger partial charge in [0.25, 0.3) is 0 Å². The molecule has 1 nitrogen and oxygen atoms in total. The van der Waals surface area contributed by atoms with Crippen LogP contribution >= 0.6 is 0 Å². The Morgan fingerprint density at radius 1 is 0.933 bits per heavy atom. The van der Waals surface area contributed by atoms with E-state index < -0.39 is 0 Å². The Hall–Kier alpha value is -0.0400. The Labute approximate surface area is 95.8 Å². The summed E-state index contributed by atoms with van der Waals surface area (Å²) in [6.45, 7) is 14.2. The van der Waals surface area contributed by atoms with Crippen LogP contribution in [-0.4, -0.2) is 6.04 Å². The highest BCUT2D eigenvalue weighted by Gasteiger charge is 2.54. The van der Waals surface area contributed by atoms with Crippen molar-refractivity contribution in [1.29, 1.82) is 0 Å². The largest absolute Gasteiger partial charge is 0.327 e. The fraction of sp³-hybridized carbons (Fsp3) is 1.00. The molecule has 1 rings (SSSR count). The van der Waals surface area contributed by atoms with Gasteiger partial charge >= 0.3 is 0 Å². The van der Waals surface area contributed by atoms with Gasteiger partial charge in [-0.1, -0.05) is 54.4 Å². The van der Waals surface area contributed by atoms with E-state index in [2.05, 4.69) is 41.5 Å². The van der Waals surface area contributed by atoms with Gasteiger partial charge in [0, 0.05) is 6.04 Å². The summed E-state index contributed by atoms with van der Waals surface area (Å²) in [6, 6.07) is 0.367. The molecule has 2 N–H and O–H groups in total. The van der Waals surface area contributed by atoms with E-state index in [1.807, 2.05) is 0 Å². The van der Waals surface area contributed by atoms with Crippen LogP contribution in [0.15, 0.2) is 0 Å². The lowest BCUT2D eigenvalue weighted by Gasteiger charge is -2.59. The van der Waals surface area contributed by atoms with Gasteiger partial charge < -0.3 is 5.73 Å². The molecule has 0 heterocycles. The van der Waals surface area contributed by atoms with Crippen LogP contribution < -0.4 is 5.73 Å². The van der Waals surface area contributed by atoms with Crippen LogP contribution in [0.5, 0.6) is 0 Å². The average molecular weight is 211 g/mol. The fourth-order valence-electron chi connectivity index (χ4n) is 4.19. The zero-order chi connectivity index (χ0) is 11.9. The summed E-state index contributed by atoms with van der Waals surface area (Å²) in [5.41, 5.74) is 7.37. The first-order valence-corrected chi connectivity index (χ1v) is 6.38. The standard InChI is InChI=1S/C14H29N/c1-12(2,3)14(13(4,5)6)10-8-7-9-11(14)15/h11H,7-10,15H2,1-6H3/t11-/m0/s1. The van der Waals surface area contributed by atoms with Crippen LogP contribution in [0.3, 0.4) is 0 Å². The van der Waals surface area contributed by atoms with Crippen LogP contribution in [0.1, 0.15) is 67.2 Å². The highest BCUT2D eigenvalue weighted by atomic mass is 14.8. The van der Waals surface area contributed by atoms with Gasteiger partial charge in [-0.15, -0.1) is 0 Å². The molecule has 0 aromatic carbocycles. The molecule has 0 radical (unpaired) electrons. The molecule has 1 fully saturated rings. The molecule has 90 valence electrons. The van der Waals surface area contributed by atoms with Gasteiger partial charge in [0.15, 0.2) is 0 Å². The second-order valence-electron chi connectivity index (χ2n) is 7.32. The zero-order valence-electron chi connectivity index (χ0n) is 11.5. The lowest BCUT2D eigenvalue weighted by atomic mass is 9.47. The maximum absolute atomic E-state index is 6.49. The van der Waals surface area contributed by atoms with E-state index in [1.54, 1.807) is 0 Å². The van der Waals surface area contributed by atoms with Crippen molar-refractivity contribution in [2.24, 2.45) is 22.0 Å². The van der Waals surface area contributed by atoms with Crippen LogP contribution in [-0.2, 0) is 0 Å². The highest BCUT2D eigenvalue weighted by molar-refractivity contribution is 5.06.